The van der Waals surface area contributed by atoms with Gasteiger partial charge >= 0.3 is 0 Å². The molecule has 0 atom stereocenters. The summed E-state index contributed by atoms with van der Waals surface area (Å²) in [7, 11) is 1.94. The van der Waals surface area contributed by atoms with Crippen LogP contribution < -0.4 is 4.74 Å². The first-order valence-electron chi connectivity index (χ1n) is 7.29. The zero-order valence-electron chi connectivity index (χ0n) is 11.5. The van der Waals surface area contributed by atoms with E-state index in [2.05, 4.69) is 6.07 Å². The van der Waals surface area contributed by atoms with Gasteiger partial charge in [0.05, 0.1) is 12.2 Å². The van der Waals surface area contributed by atoms with Crippen molar-refractivity contribution in [3.05, 3.63) is 29.3 Å². The molecule has 19 heavy (non-hydrogen) atoms. The van der Waals surface area contributed by atoms with Crippen LogP contribution in [0.3, 0.4) is 0 Å². The van der Waals surface area contributed by atoms with Gasteiger partial charge in [0, 0.05) is 19.5 Å². The van der Waals surface area contributed by atoms with Gasteiger partial charge in [0.15, 0.2) is 0 Å². The third-order valence-electron chi connectivity index (χ3n) is 4.39. The van der Waals surface area contributed by atoms with E-state index in [1.807, 2.05) is 24.1 Å². The Morgan fingerprint density at radius 2 is 2.05 bits per heavy atom. The lowest BCUT2D eigenvalue weighted by Gasteiger charge is -2.31. The van der Waals surface area contributed by atoms with E-state index >= 15 is 0 Å². The molecule has 2 aliphatic rings. The van der Waals surface area contributed by atoms with E-state index in [-0.39, 0.29) is 5.91 Å². The van der Waals surface area contributed by atoms with Crippen LogP contribution in [-0.2, 0) is 6.42 Å². The van der Waals surface area contributed by atoms with Crippen molar-refractivity contribution in [2.75, 3.05) is 13.7 Å². The summed E-state index contributed by atoms with van der Waals surface area (Å²) in [5.41, 5.74) is 1.91. The second-order valence-corrected chi connectivity index (χ2v) is 5.60. The van der Waals surface area contributed by atoms with Gasteiger partial charge in [-0.1, -0.05) is 31.4 Å². The molecule has 3 nitrogen and oxygen atoms in total. The quantitative estimate of drug-likeness (QED) is 0.817. The summed E-state index contributed by atoms with van der Waals surface area (Å²) < 4.78 is 5.64. The van der Waals surface area contributed by atoms with Crippen molar-refractivity contribution in [2.24, 2.45) is 0 Å². The van der Waals surface area contributed by atoms with Crippen molar-refractivity contribution in [1.29, 1.82) is 0 Å². The smallest absolute Gasteiger partial charge is 0.257 e. The van der Waals surface area contributed by atoms with Crippen LogP contribution in [0.2, 0.25) is 0 Å². The predicted molar refractivity (Wildman–Crippen MR) is 74.6 cm³/mol. The van der Waals surface area contributed by atoms with Crippen molar-refractivity contribution in [2.45, 2.75) is 44.6 Å². The highest BCUT2D eigenvalue weighted by atomic mass is 16.5. The summed E-state index contributed by atoms with van der Waals surface area (Å²) in [6.45, 7) is 0.701. The monoisotopic (exact) mass is 259 g/mol. The Morgan fingerprint density at radius 1 is 1.26 bits per heavy atom. The minimum Gasteiger partial charge on any atom is -0.492 e. The van der Waals surface area contributed by atoms with Crippen LogP contribution in [0.15, 0.2) is 18.2 Å². The summed E-state index contributed by atoms with van der Waals surface area (Å²) in [6.07, 6.45) is 6.99. The van der Waals surface area contributed by atoms with E-state index in [1.54, 1.807) is 0 Å². The van der Waals surface area contributed by atoms with Crippen molar-refractivity contribution in [1.82, 2.24) is 4.90 Å². The molecule has 1 heterocycles. The molecule has 0 saturated heterocycles. The molecule has 1 aliphatic heterocycles. The van der Waals surface area contributed by atoms with Gasteiger partial charge in [-0.3, -0.25) is 4.79 Å². The zero-order valence-corrected chi connectivity index (χ0v) is 11.5. The maximum atomic E-state index is 12.6. The van der Waals surface area contributed by atoms with Crippen LogP contribution >= 0.6 is 0 Å². The lowest BCUT2D eigenvalue weighted by atomic mass is 9.94. The minimum atomic E-state index is 0.116. The van der Waals surface area contributed by atoms with Gasteiger partial charge in [-0.2, -0.15) is 0 Å². The summed E-state index contributed by atoms with van der Waals surface area (Å²) in [5.74, 6) is 0.931. The van der Waals surface area contributed by atoms with Crippen LogP contribution in [0.25, 0.3) is 0 Å². The Hall–Kier alpha value is -1.51. The molecule has 1 aliphatic carbocycles. The van der Waals surface area contributed by atoms with Gasteiger partial charge in [-0.25, -0.2) is 0 Å². The number of para-hydroxylation sites is 1. The first-order valence-corrected chi connectivity index (χ1v) is 7.29. The predicted octanol–water partition coefficient (Wildman–Crippen LogP) is 3.03. The number of fused-ring (bicyclic) bond motifs is 1. The molecular formula is C16H21NO2. The Morgan fingerprint density at radius 3 is 2.84 bits per heavy atom. The molecule has 0 bridgehead atoms. The van der Waals surface area contributed by atoms with Gasteiger partial charge in [-0.05, 0) is 24.5 Å². The number of carbonyl (C=O) groups excluding carboxylic acids is 1. The molecule has 1 saturated carbocycles. The molecule has 0 N–H and O–H groups in total. The zero-order chi connectivity index (χ0) is 13.2. The second-order valence-electron chi connectivity index (χ2n) is 5.60. The van der Waals surface area contributed by atoms with Gasteiger partial charge in [0.25, 0.3) is 5.91 Å². The van der Waals surface area contributed by atoms with E-state index < -0.39 is 0 Å². The lowest BCUT2D eigenvalue weighted by molar-refractivity contribution is 0.0693. The Kier molecular flexibility index (Phi) is 3.45. The Bertz CT molecular complexity index is 478. The topological polar surface area (TPSA) is 29.5 Å². The van der Waals surface area contributed by atoms with Crippen molar-refractivity contribution in [3.63, 3.8) is 0 Å². The molecule has 102 valence electrons. The summed E-state index contributed by atoms with van der Waals surface area (Å²) >= 11 is 0. The molecule has 1 fully saturated rings. The number of amides is 1. The van der Waals surface area contributed by atoms with Crippen LogP contribution in [0.5, 0.6) is 5.75 Å². The lowest BCUT2D eigenvalue weighted by Crippen LogP contribution is -2.38. The number of ether oxygens (including phenoxy) is 1. The van der Waals surface area contributed by atoms with E-state index in [0.29, 0.717) is 12.6 Å². The Labute approximate surface area is 114 Å². The molecule has 1 amide bonds. The highest BCUT2D eigenvalue weighted by Crippen LogP contribution is 2.31. The fourth-order valence-electron chi connectivity index (χ4n) is 3.21. The molecular weight excluding hydrogens is 238 g/mol. The van der Waals surface area contributed by atoms with Crippen molar-refractivity contribution < 1.29 is 9.53 Å². The van der Waals surface area contributed by atoms with Gasteiger partial charge < -0.3 is 9.64 Å². The first kappa shape index (κ1) is 12.5. The average molecular weight is 259 g/mol. The van der Waals surface area contributed by atoms with Crippen molar-refractivity contribution >= 4 is 5.91 Å². The Balaban J connectivity index is 1.81. The third kappa shape index (κ3) is 2.34. The number of hydrogen-bond donors (Lipinski definition) is 0. The summed E-state index contributed by atoms with van der Waals surface area (Å²) in [5, 5.41) is 0. The average Bonchev–Trinajstić information content (AvgIpc) is 2.95. The molecule has 1 aromatic carbocycles. The summed E-state index contributed by atoms with van der Waals surface area (Å²) in [4.78, 5) is 14.6. The minimum absolute atomic E-state index is 0.116. The SMILES string of the molecule is CN(C(=O)c1cccc2c1OCC2)C1CCCCC1. The number of benzene rings is 1. The van der Waals surface area contributed by atoms with Crippen LogP contribution in [0.1, 0.15) is 48.0 Å². The van der Waals surface area contributed by atoms with E-state index in [0.717, 1.165) is 30.6 Å². The molecule has 3 rings (SSSR count). The fraction of sp³-hybridized carbons (Fsp3) is 0.562. The fourth-order valence-corrected chi connectivity index (χ4v) is 3.21. The molecule has 0 unspecified atom stereocenters. The van der Waals surface area contributed by atoms with Gasteiger partial charge in [0.2, 0.25) is 0 Å². The number of rotatable bonds is 2. The standard InChI is InChI=1S/C16H21NO2/c1-17(13-7-3-2-4-8-13)16(18)14-9-5-6-12-10-11-19-15(12)14/h5-6,9,13H,2-4,7-8,10-11H2,1H3. The molecule has 0 radical (unpaired) electrons. The summed E-state index contributed by atoms with van der Waals surface area (Å²) in [6, 6.07) is 6.32. The van der Waals surface area contributed by atoms with E-state index in [1.165, 1.54) is 24.8 Å². The maximum absolute atomic E-state index is 12.6. The number of nitrogens with zero attached hydrogens (tertiary/aromatic N) is 1. The highest BCUT2D eigenvalue weighted by molar-refractivity contribution is 5.97. The third-order valence-corrected chi connectivity index (χ3v) is 4.39. The number of hydrogen-bond acceptors (Lipinski definition) is 2. The van der Waals surface area contributed by atoms with E-state index in [9.17, 15) is 4.79 Å². The maximum Gasteiger partial charge on any atom is 0.257 e. The molecule has 1 aromatic rings. The molecule has 0 spiro atoms. The normalized spacial score (nSPS) is 18.8. The number of carbonyl (C=O) groups is 1. The molecule has 0 aromatic heterocycles. The molecule has 3 heteroatoms. The van der Waals surface area contributed by atoms with Gasteiger partial charge in [0.1, 0.15) is 5.75 Å². The van der Waals surface area contributed by atoms with E-state index in [4.69, 9.17) is 4.74 Å². The van der Waals surface area contributed by atoms with Crippen molar-refractivity contribution in [3.8, 4) is 5.75 Å². The highest BCUT2D eigenvalue weighted by Gasteiger charge is 2.27. The van der Waals surface area contributed by atoms with Gasteiger partial charge in [-0.15, -0.1) is 0 Å². The van der Waals surface area contributed by atoms with Crippen LogP contribution in [0.4, 0.5) is 0 Å². The van der Waals surface area contributed by atoms with Crippen LogP contribution in [-0.4, -0.2) is 30.5 Å². The second kappa shape index (κ2) is 5.24. The van der Waals surface area contributed by atoms with Crippen LogP contribution in [0, 0.1) is 0 Å². The largest absolute Gasteiger partial charge is 0.492 e. The first-order chi connectivity index (χ1) is 9.27.